The lowest BCUT2D eigenvalue weighted by Gasteiger charge is -2.33. The minimum atomic E-state index is -3.09. The third-order valence-electron chi connectivity index (χ3n) is 5.20. The maximum atomic E-state index is 14.4. The summed E-state index contributed by atoms with van der Waals surface area (Å²) in [6.07, 6.45) is -0.649. The molecule has 1 aliphatic heterocycles. The largest absolute Gasteiger partial charge is 0.477 e. The molecule has 4 N–H and O–H groups in total. The van der Waals surface area contributed by atoms with Crippen LogP contribution in [-0.2, 0) is 10.3 Å². The molecule has 4 rings (SSSR count). The monoisotopic (exact) mass is 537 g/mol. The molecule has 0 saturated heterocycles. The number of nitrogens with zero attached hydrogens (tertiary/aromatic N) is 5. The standard InChI is InChI=1S/C18H14F3N5O2.C7H4N2O2/c19-13-3-2-11(25-16(27)14-4-1-10(6-22)7-24-14)5-12(13)18(17(20)21)9-28-8-15(23)26-18;8-3-5-1-2-6(7(10)11)9-4-5/h1-5,7,17H,8-9H2,(H2,23,26)(H,25,27);1-2,4H,(H,10,11)/t18-;/m0./s1. The molecule has 11 nitrogen and oxygen atoms in total. The van der Waals surface area contributed by atoms with Crippen LogP contribution < -0.4 is 11.1 Å². The third-order valence-corrected chi connectivity index (χ3v) is 5.20. The molecule has 3 aromatic rings. The van der Waals surface area contributed by atoms with E-state index in [0.717, 1.165) is 12.1 Å². The Balaban J connectivity index is 0.000000320. The minimum absolute atomic E-state index is 0.00304. The van der Waals surface area contributed by atoms with Gasteiger partial charge in [0, 0.05) is 23.6 Å². The number of rotatable bonds is 5. The molecule has 3 heterocycles. The Bertz CT molecular complexity index is 1480. The molecule has 1 atom stereocenters. The number of aromatic nitrogens is 2. The van der Waals surface area contributed by atoms with Gasteiger partial charge >= 0.3 is 5.97 Å². The zero-order valence-corrected chi connectivity index (χ0v) is 19.8. The molecule has 198 valence electrons. The van der Waals surface area contributed by atoms with Crippen LogP contribution in [0.1, 0.15) is 37.7 Å². The summed E-state index contributed by atoms with van der Waals surface area (Å²) in [4.78, 5) is 33.7. The maximum absolute atomic E-state index is 14.4. The number of carbonyl (C=O) groups is 2. The smallest absolute Gasteiger partial charge is 0.354 e. The number of anilines is 1. The molecule has 0 bridgehead atoms. The number of nitrogens with one attached hydrogen (secondary N) is 1. The first kappa shape index (κ1) is 28.2. The van der Waals surface area contributed by atoms with Gasteiger partial charge in [0.05, 0.1) is 17.7 Å². The Labute approximate surface area is 219 Å². The Morgan fingerprint density at radius 2 is 1.67 bits per heavy atom. The molecule has 0 saturated carbocycles. The van der Waals surface area contributed by atoms with Gasteiger partial charge in [-0.3, -0.25) is 9.79 Å². The average molecular weight is 537 g/mol. The van der Waals surface area contributed by atoms with Crippen molar-refractivity contribution in [2.45, 2.75) is 12.0 Å². The fourth-order valence-electron chi connectivity index (χ4n) is 3.31. The van der Waals surface area contributed by atoms with Crippen molar-refractivity contribution in [2.75, 3.05) is 18.5 Å². The Kier molecular flexibility index (Phi) is 8.88. The number of alkyl halides is 2. The van der Waals surface area contributed by atoms with Crippen molar-refractivity contribution in [1.82, 2.24) is 9.97 Å². The van der Waals surface area contributed by atoms with Gasteiger partial charge < -0.3 is 20.9 Å². The van der Waals surface area contributed by atoms with Gasteiger partial charge in [0.2, 0.25) is 0 Å². The summed E-state index contributed by atoms with van der Waals surface area (Å²) >= 11 is 0. The van der Waals surface area contributed by atoms with Crippen LogP contribution in [0.2, 0.25) is 0 Å². The zero-order valence-electron chi connectivity index (χ0n) is 19.8. The highest BCUT2D eigenvalue weighted by Gasteiger charge is 2.46. The van der Waals surface area contributed by atoms with E-state index < -0.39 is 41.8 Å². The Hall–Kier alpha value is -5.34. The number of pyridine rings is 2. The number of carboxylic acid groups (broad SMARTS) is 1. The molecular formula is C25H18F3N7O4. The predicted molar refractivity (Wildman–Crippen MR) is 129 cm³/mol. The van der Waals surface area contributed by atoms with Crippen LogP contribution in [0.25, 0.3) is 0 Å². The molecule has 39 heavy (non-hydrogen) atoms. The highest BCUT2D eigenvalue weighted by Crippen LogP contribution is 2.38. The summed E-state index contributed by atoms with van der Waals surface area (Å²) in [6.45, 7) is -0.687. The fraction of sp³-hybridized carbons (Fsp3) is 0.160. The van der Waals surface area contributed by atoms with E-state index in [4.69, 9.17) is 26.1 Å². The number of amidine groups is 1. The summed E-state index contributed by atoms with van der Waals surface area (Å²) in [7, 11) is 0. The summed E-state index contributed by atoms with van der Waals surface area (Å²) in [6, 6.07) is 12.4. The van der Waals surface area contributed by atoms with Crippen LogP contribution in [0.3, 0.4) is 0 Å². The first-order valence-electron chi connectivity index (χ1n) is 10.9. The van der Waals surface area contributed by atoms with E-state index >= 15 is 0 Å². The molecule has 1 aromatic carbocycles. The van der Waals surface area contributed by atoms with Crippen LogP contribution in [0.4, 0.5) is 18.9 Å². The minimum Gasteiger partial charge on any atom is -0.477 e. The lowest BCUT2D eigenvalue weighted by Crippen LogP contribution is -2.45. The summed E-state index contributed by atoms with van der Waals surface area (Å²) in [5.74, 6) is -2.86. The Morgan fingerprint density at radius 3 is 2.15 bits per heavy atom. The van der Waals surface area contributed by atoms with Crippen LogP contribution in [0.5, 0.6) is 0 Å². The van der Waals surface area contributed by atoms with Crippen molar-refractivity contribution in [3.8, 4) is 12.1 Å². The number of amides is 1. The van der Waals surface area contributed by atoms with Gasteiger partial charge in [-0.05, 0) is 42.5 Å². The van der Waals surface area contributed by atoms with Crippen LogP contribution >= 0.6 is 0 Å². The van der Waals surface area contributed by atoms with E-state index in [0.29, 0.717) is 5.56 Å². The molecule has 1 aliphatic rings. The number of nitriles is 2. The summed E-state index contributed by atoms with van der Waals surface area (Å²) in [5.41, 5.74) is 3.40. The van der Waals surface area contributed by atoms with E-state index in [1.54, 1.807) is 0 Å². The highest BCUT2D eigenvalue weighted by atomic mass is 19.3. The van der Waals surface area contributed by atoms with E-state index in [2.05, 4.69) is 20.3 Å². The molecule has 14 heteroatoms. The number of hydrogen-bond donors (Lipinski definition) is 3. The number of halogens is 3. The average Bonchev–Trinajstić information content (AvgIpc) is 2.94. The van der Waals surface area contributed by atoms with Gasteiger partial charge in [-0.15, -0.1) is 0 Å². The second-order valence-electron chi connectivity index (χ2n) is 7.86. The van der Waals surface area contributed by atoms with Crippen molar-refractivity contribution in [1.29, 1.82) is 10.5 Å². The second kappa shape index (κ2) is 12.3. The quantitative estimate of drug-likeness (QED) is 0.440. The van der Waals surface area contributed by atoms with E-state index in [9.17, 15) is 22.8 Å². The molecule has 2 aromatic heterocycles. The zero-order chi connectivity index (χ0) is 28.6. The summed E-state index contributed by atoms with van der Waals surface area (Å²) in [5, 5.41) is 27.9. The number of carbonyl (C=O) groups excluding carboxylic acids is 1. The lowest BCUT2D eigenvalue weighted by atomic mass is 9.90. The molecule has 0 unspecified atom stereocenters. The van der Waals surface area contributed by atoms with Gasteiger partial charge in [0.15, 0.2) is 5.54 Å². The highest BCUT2D eigenvalue weighted by molar-refractivity contribution is 6.02. The molecule has 0 radical (unpaired) electrons. The summed E-state index contributed by atoms with van der Waals surface area (Å²) < 4.78 is 47.1. The van der Waals surface area contributed by atoms with Crippen LogP contribution in [0.15, 0.2) is 59.9 Å². The number of aliphatic imine (C=N–C) groups is 1. The first-order valence-corrected chi connectivity index (χ1v) is 10.9. The first-order chi connectivity index (χ1) is 18.6. The van der Waals surface area contributed by atoms with Crippen molar-refractivity contribution < 1.29 is 32.6 Å². The van der Waals surface area contributed by atoms with E-state index in [1.165, 1.54) is 42.7 Å². The van der Waals surface area contributed by atoms with Crippen molar-refractivity contribution in [3.05, 3.63) is 88.8 Å². The molecule has 0 aliphatic carbocycles. The van der Waals surface area contributed by atoms with E-state index in [1.807, 2.05) is 12.1 Å². The van der Waals surface area contributed by atoms with Gasteiger partial charge in [-0.1, -0.05) is 0 Å². The van der Waals surface area contributed by atoms with E-state index in [-0.39, 0.29) is 35.1 Å². The number of hydrogen-bond acceptors (Lipinski definition) is 9. The molecule has 0 spiro atoms. The van der Waals surface area contributed by atoms with Gasteiger partial charge in [0.1, 0.15) is 41.8 Å². The number of ether oxygens (including phenoxy) is 1. The number of nitrogens with two attached hydrogens (primary N) is 1. The molecule has 1 amide bonds. The molecule has 0 fully saturated rings. The van der Waals surface area contributed by atoms with Crippen molar-refractivity contribution in [3.63, 3.8) is 0 Å². The topological polar surface area (TPSA) is 187 Å². The van der Waals surface area contributed by atoms with Crippen molar-refractivity contribution in [2.24, 2.45) is 10.7 Å². The SMILES string of the molecule is N#Cc1ccc(C(=O)Nc2ccc(F)c([C@]3(C(F)F)COCC(N)=N3)c2)nc1.N#Cc1ccc(C(=O)O)nc1. The van der Waals surface area contributed by atoms with Gasteiger partial charge in [0.25, 0.3) is 12.3 Å². The van der Waals surface area contributed by atoms with Gasteiger partial charge in [-0.25, -0.2) is 27.9 Å². The maximum Gasteiger partial charge on any atom is 0.354 e. The lowest BCUT2D eigenvalue weighted by molar-refractivity contribution is -0.0145. The van der Waals surface area contributed by atoms with Crippen LogP contribution in [-0.4, -0.2) is 52.4 Å². The normalized spacial score (nSPS) is 16.1. The van der Waals surface area contributed by atoms with Gasteiger partial charge in [-0.2, -0.15) is 10.5 Å². The third kappa shape index (κ3) is 6.71. The number of benzene rings is 1. The van der Waals surface area contributed by atoms with Crippen LogP contribution in [0, 0.1) is 28.5 Å². The second-order valence-corrected chi connectivity index (χ2v) is 7.86. The predicted octanol–water partition coefficient (Wildman–Crippen LogP) is 2.84. The van der Waals surface area contributed by atoms with Crippen molar-refractivity contribution >= 4 is 23.4 Å². The fourth-order valence-corrected chi connectivity index (χ4v) is 3.31. The Morgan fingerprint density at radius 1 is 1.05 bits per heavy atom. The molecular weight excluding hydrogens is 519 g/mol. The number of carboxylic acids is 1. The number of aromatic carboxylic acids is 1.